The summed E-state index contributed by atoms with van der Waals surface area (Å²) in [4.78, 5) is 86.7. The van der Waals surface area contributed by atoms with Crippen LogP contribution in [0, 0.1) is 13.7 Å². The van der Waals surface area contributed by atoms with Crippen LogP contribution in [-0.2, 0) is 43.2 Å². The zero-order chi connectivity index (χ0) is 37.5. The van der Waals surface area contributed by atoms with Crippen molar-refractivity contribution in [1.29, 1.82) is 0 Å². The van der Waals surface area contributed by atoms with Gasteiger partial charge in [0.05, 0.1) is 11.3 Å². The van der Waals surface area contributed by atoms with Crippen LogP contribution in [0.15, 0.2) is 66.0 Å². The lowest BCUT2D eigenvalue weighted by molar-refractivity contribution is -0.384. The highest BCUT2D eigenvalue weighted by Gasteiger charge is 2.31. The van der Waals surface area contributed by atoms with Crippen LogP contribution in [0.25, 0.3) is 0 Å². The highest BCUT2D eigenvalue weighted by Crippen LogP contribution is 2.14. The number of aromatic nitrogens is 2. The van der Waals surface area contributed by atoms with Gasteiger partial charge in [0.15, 0.2) is 5.96 Å². The third-order valence-corrected chi connectivity index (χ3v) is 8.20. The van der Waals surface area contributed by atoms with Crippen molar-refractivity contribution in [2.24, 2.45) is 22.2 Å². The predicted octanol–water partition coefficient (Wildman–Crippen LogP) is -0.552. The smallest absolute Gasteiger partial charge is 0.269 e. The van der Waals surface area contributed by atoms with Crippen LogP contribution in [0.5, 0.6) is 0 Å². The van der Waals surface area contributed by atoms with Gasteiger partial charge in [-0.05, 0) is 58.7 Å². The van der Waals surface area contributed by atoms with Crippen LogP contribution in [0.2, 0.25) is 0 Å². The molecule has 4 atom stereocenters. The molecule has 0 aliphatic heterocycles. The second-order valence-corrected chi connectivity index (χ2v) is 12.8. The molecule has 19 heteroatoms. The van der Waals surface area contributed by atoms with E-state index in [4.69, 9.17) is 17.2 Å². The Morgan fingerprint density at radius 2 is 1.35 bits per heavy atom. The van der Waals surface area contributed by atoms with Crippen LogP contribution in [-0.4, -0.2) is 81.1 Å². The Morgan fingerprint density at radius 1 is 0.824 bits per heavy atom. The fourth-order valence-electron chi connectivity index (χ4n) is 4.94. The maximum absolute atomic E-state index is 13.9. The third kappa shape index (κ3) is 13.7. The number of nitrogens with one attached hydrogen (secondary N) is 5. The summed E-state index contributed by atoms with van der Waals surface area (Å²) in [5.41, 5.74) is 18.1. The van der Waals surface area contributed by atoms with E-state index in [1.807, 2.05) is 12.1 Å². The number of nitro benzene ring substituents is 1. The van der Waals surface area contributed by atoms with Gasteiger partial charge in [0.1, 0.15) is 24.2 Å². The molecule has 0 saturated heterocycles. The highest BCUT2D eigenvalue weighted by atomic mass is 127. The Kier molecular flexibility index (Phi) is 15.3. The summed E-state index contributed by atoms with van der Waals surface area (Å²) in [6, 6.07) is 7.89. The van der Waals surface area contributed by atoms with E-state index in [1.54, 1.807) is 12.1 Å². The van der Waals surface area contributed by atoms with E-state index in [0.717, 1.165) is 3.57 Å². The second-order valence-electron chi connectivity index (χ2n) is 11.5. The molecule has 0 aliphatic rings. The first-order valence-corrected chi connectivity index (χ1v) is 16.8. The van der Waals surface area contributed by atoms with Crippen LogP contribution in [0.4, 0.5) is 5.69 Å². The van der Waals surface area contributed by atoms with Gasteiger partial charge in [-0.25, -0.2) is 4.98 Å². The highest BCUT2D eigenvalue weighted by molar-refractivity contribution is 14.1. The Bertz CT molecular complexity index is 1700. The summed E-state index contributed by atoms with van der Waals surface area (Å²) in [7, 11) is 0. The Morgan fingerprint density at radius 3 is 1.88 bits per heavy atom. The van der Waals surface area contributed by atoms with Gasteiger partial charge in [0.2, 0.25) is 29.5 Å². The van der Waals surface area contributed by atoms with Crippen molar-refractivity contribution < 1.29 is 28.9 Å². The van der Waals surface area contributed by atoms with Crippen molar-refractivity contribution in [3.8, 4) is 0 Å². The first-order valence-electron chi connectivity index (χ1n) is 15.7. The minimum atomic E-state index is -1.24. The van der Waals surface area contributed by atoms with Gasteiger partial charge in [0, 0.05) is 60.3 Å². The van der Waals surface area contributed by atoms with E-state index in [-0.39, 0.29) is 50.3 Å². The molecule has 11 N–H and O–H groups in total. The molecule has 0 saturated carbocycles. The van der Waals surface area contributed by atoms with Gasteiger partial charge >= 0.3 is 0 Å². The maximum atomic E-state index is 13.9. The van der Waals surface area contributed by atoms with Crippen molar-refractivity contribution in [2.75, 3.05) is 6.54 Å². The molecular weight excluding hydrogens is 777 g/mol. The number of non-ortho nitro benzene ring substituents is 1. The lowest BCUT2D eigenvalue weighted by atomic mass is 10.0. The number of H-pyrrole nitrogens is 1. The number of hydrogen-bond donors (Lipinski definition) is 8. The molecule has 5 amide bonds. The topological polar surface area (TPSA) is 296 Å². The summed E-state index contributed by atoms with van der Waals surface area (Å²) < 4.78 is 0.946. The van der Waals surface area contributed by atoms with Gasteiger partial charge in [-0.15, -0.1) is 0 Å². The molecule has 2 aromatic carbocycles. The number of hydrogen-bond acceptors (Lipinski definition) is 9. The Balaban J connectivity index is 1.86. The first-order chi connectivity index (χ1) is 24.2. The van der Waals surface area contributed by atoms with Crippen LogP contribution < -0.4 is 38.5 Å². The average Bonchev–Trinajstić information content (AvgIpc) is 3.59. The number of halogens is 1. The molecule has 1 aromatic heterocycles. The van der Waals surface area contributed by atoms with Crippen LogP contribution >= 0.6 is 22.6 Å². The van der Waals surface area contributed by atoms with Crippen molar-refractivity contribution in [1.82, 2.24) is 31.2 Å². The monoisotopic (exact) mass is 817 g/mol. The van der Waals surface area contributed by atoms with Gasteiger partial charge in [-0.1, -0.05) is 24.3 Å². The molecule has 0 radical (unpaired) electrons. The number of nitrogens with two attached hydrogens (primary N) is 3. The molecule has 0 aliphatic carbocycles. The number of rotatable bonds is 19. The van der Waals surface area contributed by atoms with Gasteiger partial charge < -0.3 is 43.5 Å². The maximum Gasteiger partial charge on any atom is 0.269 e. The van der Waals surface area contributed by atoms with Crippen molar-refractivity contribution in [3.63, 3.8) is 0 Å². The zero-order valence-corrected chi connectivity index (χ0v) is 29.8. The third-order valence-electron chi connectivity index (χ3n) is 7.48. The van der Waals surface area contributed by atoms with Gasteiger partial charge in [-0.2, -0.15) is 0 Å². The van der Waals surface area contributed by atoms with Crippen LogP contribution in [0.1, 0.15) is 36.6 Å². The van der Waals surface area contributed by atoms with Crippen molar-refractivity contribution >= 4 is 63.8 Å². The quantitative estimate of drug-likeness (QED) is 0.0191. The molecule has 3 rings (SSSR count). The molecule has 0 spiro atoms. The number of imidazole rings is 1. The van der Waals surface area contributed by atoms with Crippen molar-refractivity contribution in [3.05, 3.63) is 91.6 Å². The standard InChI is InChI=1S/C32H40IN11O7/c1-18(45)40-27(15-22-16-37-17-39-22)31(49)43-26(14-19-4-8-21(33)9-5-19)30(48)41-24(3-2-12-38-32(35)36)29(47)42-25(28(34)46)13-20-6-10-23(11-7-20)44(50)51/h4-11,16-17,24-27H,2-3,12-15H2,1H3,(H2,34,46)(H,37,39)(H,40,45)(H,41,48)(H,42,47)(H,43,49)(H4,35,36,38)/t24-,25+,26+,27-/m0/s1. The summed E-state index contributed by atoms with van der Waals surface area (Å²) in [5, 5.41) is 21.6. The lowest BCUT2D eigenvalue weighted by Gasteiger charge is -2.26. The van der Waals surface area contributed by atoms with E-state index in [0.29, 0.717) is 16.8 Å². The number of aliphatic imine (C=N–C) groups is 1. The molecule has 0 unspecified atom stereocenters. The number of primary amides is 1. The SMILES string of the molecule is CC(=O)N[C@@H](Cc1cnc[nH]1)C(=O)N[C@H](Cc1ccc(I)cc1)C(=O)N[C@@H](CCCN=C(N)N)C(=O)N[C@H](Cc1ccc([N+](=O)[O-])cc1)C(N)=O. The van der Waals surface area contributed by atoms with Gasteiger partial charge in [0.25, 0.3) is 5.69 Å². The largest absolute Gasteiger partial charge is 0.370 e. The summed E-state index contributed by atoms with van der Waals surface area (Å²) >= 11 is 2.13. The molecule has 1 heterocycles. The molecular formula is C32H40IN11O7. The number of carbonyl (C=O) groups is 5. The summed E-state index contributed by atoms with van der Waals surface area (Å²) in [6.07, 6.45) is 3.20. The van der Waals surface area contributed by atoms with Crippen molar-refractivity contribution in [2.45, 2.75) is 63.2 Å². The summed E-state index contributed by atoms with van der Waals surface area (Å²) in [5.74, 6) is -3.65. The number of benzene rings is 2. The summed E-state index contributed by atoms with van der Waals surface area (Å²) in [6.45, 7) is 1.38. The van der Waals surface area contributed by atoms with Gasteiger partial charge in [-0.3, -0.25) is 39.1 Å². The number of nitro groups is 1. The minimum absolute atomic E-state index is 0.0237. The molecule has 0 bridgehead atoms. The number of aromatic amines is 1. The zero-order valence-electron chi connectivity index (χ0n) is 27.6. The number of carbonyl (C=O) groups excluding carboxylic acids is 5. The number of guanidine groups is 1. The molecule has 3 aromatic rings. The van der Waals surface area contributed by atoms with Crippen LogP contribution in [0.3, 0.4) is 0 Å². The Labute approximate surface area is 306 Å². The molecule has 272 valence electrons. The van der Waals surface area contributed by atoms with E-state index in [1.165, 1.54) is 43.7 Å². The fourth-order valence-corrected chi connectivity index (χ4v) is 5.30. The lowest BCUT2D eigenvalue weighted by Crippen LogP contribution is -2.59. The van der Waals surface area contributed by atoms with E-state index in [9.17, 15) is 34.1 Å². The fraction of sp³-hybridized carbons (Fsp3) is 0.344. The molecule has 18 nitrogen and oxygen atoms in total. The average molecular weight is 818 g/mol. The predicted molar refractivity (Wildman–Crippen MR) is 194 cm³/mol. The minimum Gasteiger partial charge on any atom is -0.370 e. The van der Waals surface area contributed by atoms with E-state index >= 15 is 0 Å². The van der Waals surface area contributed by atoms with E-state index < -0.39 is 58.6 Å². The number of amides is 5. The molecule has 51 heavy (non-hydrogen) atoms. The Hall–Kier alpha value is -5.60. The number of nitrogens with zero attached hydrogens (tertiary/aromatic N) is 3. The van der Waals surface area contributed by atoms with E-state index in [2.05, 4.69) is 58.8 Å². The molecule has 0 fully saturated rings. The second kappa shape index (κ2) is 19.6. The first kappa shape index (κ1) is 39.8. The normalized spacial score (nSPS) is 13.1.